The number of aromatic nitrogens is 1. The molecule has 1 aromatic carbocycles. The van der Waals surface area contributed by atoms with Crippen LogP contribution in [0.4, 0.5) is 32.2 Å². The Hall–Kier alpha value is -3.22. The molecule has 0 amide bonds. The third kappa shape index (κ3) is 6.15. The van der Waals surface area contributed by atoms with Gasteiger partial charge in [-0.1, -0.05) is 0 Å². The van der Waals surface area contributed by atoms with E-state index in [9.17, 15) is 31.1 Å². The van der Waals surface area contributed by atoms with E-state index >= 15 is 0 Å². The van der Waals surface area contributed by atoms with E-state index in [4.69, 9.17) is 9.84 Å². The van der Waals surface area contributed by atoms with Gasteiger partial charge in [0.15, 0.2) is 11.6 Å². The van der Waals surface area contributed by atoms with Crippen LogP contribution >= 0.6 is 0 Å². The molecule has 1 aliphatic rings. The maximum atomic E-state index is 14.5. The summed E-state index contributed by atoms with van der Waals surface area (Å²) in [6.45, 7) is -3.57. The number of carboxylic acids is 1. The molecule has 1 aliphatic heterocycles. The Morgan fingerprint density at radius 3 is 2.44 bits per heavy atom. The van der Waals surface area contributed by atoms with Crippen molar-refractivity contribution in [3.05, 3.63) is 47.9 Å². The maximum absolute atomic E-state index is 14.5. The molecule has 7 nitrogen and oxygen atoms in total. The van der Waals surface area contributed by atoms with Crippen LogP contribution in [0.15, 0.2) is 36.5 Å². The van der Waals surface area contributed by atoms with Crippen LogP contribution in [0.2, 0.25) is 0 Å². The van der Waals surface area contributed by atoms with Gasteiger partial charge in [-0.05, 0) is 30.3 Å². The molecule has 2 heterocycles. The van der Waals surface area contributed by atoms with E-state index in [0.717, 1.165) is 24.4 Å². The summed E-state index contributed by atoms with van der Waals surface area (Å²) < 4.78 is 90.1. The van der Waals surface area contributed by atoms with Crippen molar-refractivity contribution in [1.29, 1.82) is 0 Å². The van der Waals surface area contributed by atoms with Crippen LogP contribution < -0.4 is 14.4 Å². The predicted molar refractivity (Wildman–Crippen MR) is 96.4 cm³/mol. The standard InChI is InChI=1S/C19H16F6N2O5/c20-15-5-10(17(28)29)7-26-16(15)27-8-14(6-11(27)9-30-18(21)22)31-12-1-3-13(4-2-12)32-19(23,24)25/h1-5,7,11,14,18H,6,8-9H2,(H,28,29)/t11-,14-/m0/s1. The normalized spacial score (nSPS) is 18.8. The summed E-state index contributed by atoms with van der Waals surface area (Å²) >= 11 is 0. The van der Waals surface area contributed by atoms with Crippen LogP contribution in [0.3, 0.4) is 0 Å². The molecule has 1 fully saturated rings. The number of carbonyl (C=O) groups is 1. The molecule has 3 rings (SSSR count). The molecule has 174 valence electrons. The van der Waals surface area contributed by atoms with Crippen molar-refractivity contribution < 1.29 is 50.5 Å². The molecular formula is C19H16F6N2O5. The van der Waals surface area contributed by atoms with Crippen molar-refractivity contribution in [1.82, 2.24) is 4.98 Å². The summed E-state index contributed by atoms with van der Waals surface area (Å²) in [5.74, 6) is -2.90. The van der Waals surface area contributed by atoms with Gasteiger partial charge in [-0.25, -0.2) is 14.2 Å². The maximum Gasteiger partial charge on any atom is 0.573 e. The molecule has 1 saturated heterocycles. The lowest BCUT2D eigenvalue weighted by Crippen LogP contribution is -2.35. The molecule has 2 aromatic rings. The molecule has 1 aromatic heterocycles. The zero-order valence-electron chi connectivity index (χ0n) is 16.1. The average molecular weight is 466 g/mol. The van der Waals surface area contributed by atoms with Crippen LogP contribution in [0.1, 0.15) is 16.8 Å². The minimum Gasteiger partial charge on any atom is -0.489 e. The highest BCUT2D eigenvalue weighted by Crippen LogP contribution is 2.31. The SMILES string of the molecule is O=C(O)c1cnc(N2C[C@@H](Oc3ccc(OC(F)(F)F)cc3)C[C@H]2COC(F)F)c(F)c1. The highest BCUT2D eigenvalue weighted by molar-refractivity contribution is 5.87. The van der Waals surface area contributed by atoms with Crippen molar-refractivity contribution in [2.75, 3.05) is 18.1 Å². The van der Waals surface area contributed by atoms with Crippen molar-refractivity contribution in [3.8, 4) is 11.5 Å². The zero-order valence-corrected chi connectivity index (χ0v) is 16.1. The highest BCUT2D eigenvalue weighted by Gasteiger charge is 2.37. The number of alkyl halides is 5. The molecule has 0 saturated carbocycles. The fourth-order valence-corrected chi connectivity index (χ4v) is 3.23. The van der Waals surface area contributed by atoms with E-state index in [2.05, 4.69) is 14.5 Å². The lowest BCUT2D eigenvalue weighted by molar-refractivity contribution is -0.274. The Morgan fingerprint density at radius 1 is 1.22 bits per heavy atom. The molecule has 0 bridgehead atoms. The molecule has 1 N–H and O–H groups in total. The van der Waals surface area contributed by atoms with Gasteiger partial charge in [0.1, 0.15) is 17.6 Å². The van der Waals surface area contributed by atoms with Crippen molar-refractivity contribution in [2.45, 2.75) is 31.5 Å². The van der Waals surface area contributed by atoms with Gasteiger partial charge in [-0.3, -0.25) is 0 Å². The van der Waals surface area contributed by atoms with Crippen molar-refractivity contribution >= 4 is 11.8 Å². The van der Waals surface area contributed by atoms with Gasteiger partial charge in [-0.15, -0.1) is 13.2 Å². The molecule has 32 heavy (non-hydrogen) atoms. The molecule has 0 radical (unpaired) electrons. The molecule has 0 unspecified atom stereocenters. The first-order valence-corrected chi connectivity index (χ1v) is 9.09. The lowest BCUT2D eigenvalue weighted by Gasteiger charge is -2.25. The molecule has 13 heteroatoms. The molecule has 2 atom stereocenters. The van der Waals surface area contributed by atoms with E-state index in [1.807, 2.05) is 0 Å². The van der Waals surface area contributed by atoms with Crippen LogP contribution in [-0.2, 0) is 4.74 Å². The van der Waals surface area contributed by atoms with Gasteiger partial charge in [0.05, 0.1) is 24.8 Å². The van der Waals surface area contributed by atoms with Crippen LogP contribution in [0.5, 0.6) is 11.5 Å². The average Bonchev–Trinajstić information content (AvgIpc) is 3.09. The summed E-state index contributed by atoms with van der Waals surface area (Å²) in [7, 11) is 0. The summed E-state index contributed by atoms with van der Waals surface area (Å²) in [6, 6.07) is 4.52. The Bertz CT molecular complexity index is 941. The van der Waals surface area contributed by atoms with Gasteiger partial charge < -0.3 is 24.2 Å². The van der Waals surface area contributed by atoms with Gasteiger partial charge in [0, 0.05) is 12.6 Å². The minimum atomic E-state index is -4.85. The topological polar surface area (TPSA) is 81.1 Å². The number of hydrogen-bond donors (Lipinski definition) is 1. The van der Waals surface area contributed by atoms with Gasteiger partial charge in [0.2, 0.25) is 0 Å². The molecule has 0 aliphatic carbocycles. The molecular weight excluding hydrogens is 450 g/mol. The largest absolute Gasteiger partial charge is 0.573 e. The third-order valence-electron chi connectivity index (χ3n) is 4.49. The Morgan fingerprint density at radius 2 is 1.88 bits per heavy atom. The monoisotopic (exact) mass is 466 g/mol. The first-order chi connectivity index (χ1) is 15.0. The number of halogens is 6. The number of anilines is 1. The first-order valence-electron chi connectivity index (χ1n) is 9.09. The Labute approximate surface area is 177 Å². The second kappa shape index (κ2) is 9.51. The third-order valence-corrected chi connectivity index (χ3v) is 4.49. The first kappa shape index (κ1) is 23.4. The fourth-order valence-electron chi connectivity index (χ4n) is 3.23. The van der Waals surface area contributed by atoms with Gasteiger partial charge >= 0.3 is 18.9 Å². The second-order valence-corrected chi connectivity index (χ2v) is 6.73. The summed E-state index contributed by atoms with van der Waals surface area (Å²) in [5, 5.41) is 8.94. The summed E-state index contributed by atoms with van der Waals surface area (Å²) in [4.78, 5) is 16.1. The smallest absolute Gasteiger partial charge is 0.489 e. The van der Waals surface area contributed by atoms with Crippen molar-refractivity contribution in [3.63, 3.8) is 0 Å². The van der Waals surface area contributed by atoms with Gasteiger partial charge in [-0.2, -0.15) is 8.78 Å². The van der Waals surface area contributed by atoms with E-state index in [-0.39, 0.29) is 30.1 Å². The summed E-state index contributed by atoms with van der Waals surface area (Å²) in [5.41, 5.74) is -0.389. The number of ether oxygens (including phenoxy) is 3. The number of aromatic carboxylic acids is 1. The Balaban J connectivity index is 1.74. The second-order valence-electron chi connectivity index (χ2n) is 6.73. The van der Waals surface area contributed by atoms with Gasteiger partial charge in [0.25, 0.3) is 0 Å². The number of carboxylic acid groups (broad SMARTS) is 1. The van der Waals surface area contributed by atoms with Crippen LogP contribution in [-0.4, -0.2) is 54.3 Å². The number of nitrogens with zero attached hydrogens (tertiary/aromatic N) is 2. The quantitative estimate of drug-likeness (QED) is 0.588. The zero-order chi connectivity index (χ0) is 23.5. The number of pyridine rings is 1. The highest BCUT2D eigenvalue weighted by atomic mass is 19.4. The van der Waals surface area contributed by atoms with E-state index < -0.39 is 49.3 Å². The minimum absolute atomic E-state index is 0.0194. The fraction of sp³-hybridized carbons (Fsp3) is 0.368. The summed E-state index contributed by atoms with van der Waals surface area (Å²) in [6.07, 6.45) is -4.48. The molecule has 0 spiro atoms. The van der Waals surface area contributed by atoms with Crippen LogP contribution in [0, 0.1) is 5.82 Å². The lowest BCUT2D eigenvalue weighted by atomic mass is 10.2. The van der Waals surface area contributed by atoms with Crippen LogP contribution in [0.25, 0.3) is 0 Å². The number of benzene rings is 1. The van der Waals surface area contributed by atoms with E-state index in [1.165, 1.54) is 17.0 Å². The van der Waals surface area contributed by atoms with Crippen molar-refractivity contribution in [2.24, 2.45) is 0 Å². The number of rotatable bonds is 8. The van der Waals surface area contributed by atoms with E-state index in [1.54, 1.807) is 0 Å². The predicted octanol–water partition coefficient (Wildman–Crippen LogP) is 4.08. The Kier molecular flexibility index (Phi) is 6.96. The number of hydrogen-bond acceptors (Lipinski definition) is 6. The van der Waals surface area contributed by atoms with E-state index in [0.29, 0.717) is 0 Å².